The summed E-state index contributed by atoms with van der Waals surface area (Å²) in [5, 5.41) is 0. The van der Waals surface area contributed by atoms with Crippen LogP contribution in [0.15, 0.2) is 0 Å². The molecule has 0 aromatic rings. The maximum absolute atomic E-state index is 2.75. The molecule has 3 heterocycles. The van der Waals surface area contributed by atoms with Crippen molar-refractivity contribution in [1.29, 1.82) is 0 Å². The molecule has 3 saturated heterocycles. The van der Waals surface area contributed by atoms with Gasteiger partial charge < -0.3 is 9.80 Å². The van der Waals surface area contributed by atoms with Crippen LogP contribution in [0, 0.1) is 11.8 Å². The van der Waals surface area contributed by atoms with E-state index in [1.165, 1.54) is 77.8 Å². The minimum Gasteiger partial charge on any atom is -0.303 e. The Morgan fingerprint density at radius 1 is 0.562 bits per heavy atom. The van der Waals surface area contributed by atoms with E-state index in [0.717, 1.165) is 11.8 Å². The molecule has 4 atom stereocenters. The van der Waals surface area contributed by atoms with E-state index in [4.69, 9.17) is 0 Å². The van der Waals surface area contributed by atoms with E-state index in [1.807, 2.05) is 0 Å². The molecule has 4 bridgehead atoms. The van der Waals surface area contributed by atoms with Crippen molar-refractivity contribution >= 4 is 0 Å². The first-order chi connectivity index (χ1) is 7.90. The van der Waals surface area contributed by atoms with E-state index in [-0.39, 0.29) is 0 Å². The number of hydrogen-bond acceptors (Lipinski definition) is 2. The van der Waals surface area contributed by atoms with Crippen LogP contribution in [0.5, 0.6) is 0 Å². The van der Waals surface area contributed by atoms with Gasteiger partial charge in [0.1, 0.15) is 0 Å². The Bertz CT molecular complexity index is 185. The Kier molecular flexibility index (Phi) is 3.49. The van der Waals surface area contributed by atoms with E-state index in [2.05, 4.69) is 9.80 Å². The van der Waals surface area contributed by atoms with E-state index >= 15 is 0 Å². The van der Waals surface area contributed by atoms with Crippen LogP contribution in [0.1, 0.15) is 38.5 Å². The van der Waals surface area contributed by atoms with Gasteiger partial charge in [-0.1, -0.05) is 0 Å². The topological polar surface area (TPSA) is 6.48 Å². The van der Waals surface area contributed by atoms with Gasteiger partial charge in [-0.15, -0.1) is 0 Å². The molecule has 4 unspecified atom stereocenters. The third-order valence-corrected chi connectivity index (χ3v) is 4.91. The Morgan fingerprint density at radius 2 is 1.06 bits per heavy atom. The normalized spacial score (nSPS) is 45.0. The van der Waals surface area contributed by atoms with Gasteiger partial charge in [-0.2, -0.15) is 0 Å². The summed E-state index contributed by atoms with van der Waals surface area (Å²) in [6.07, 6.45) is 8.82. The average molecular weight is 222 g/mol. The van der Waals surface area contributed by atoms with Crippen LogP contribution in [-0.2, 0) is 0 Å². The van der Waals surface area contributed by atoms with Crippen molar-refractivity contribution in [3.05, 3.63) is 0 Å². The lowest BCUT2D eigenvalue weighted by Crippen LogP contribution is -2.43. The van der Waals surface area contributed by atoms with Crippen molar-refractivity contribution in [2.45, 2.75) is 38.5 Å². The molecule has 2 heteroatoms. The Morgan fingerprint density at radius 3 is 1.56 bits per heavy atom. The maximum Gasteiger partial charge on any atom is 0.00101 e. The van der Waals surface area contributed by atoms with Crippen molar-refractivity contribution < 1.29 is 0 Å². The van der Waals surface area contributed by atoms with E-state index in [1.54, 1.807) is 0 Å². The van der Waals surface area contributed by atoms with Crippen molar-refractivity contribution in [1.82, 2.24) is 9.80 Å². The largest absolute Gasteiger partial charge is 0.303 e. The van der Waals surface area contributed by atoms with E-state index < -0.39 is 0 Å². The second-order valence-corrected chi connectivity index (χ2v) is 6.20. The molecule has 16 heavy (non-hydrogen) atoms. The SMILES string of the molecule is C1CC2CCN3CCCC(CCN(C1)C2)C3. The Hall–Kier alpha value is -0.0800. The van der Waals surface area contributed by atoms with Crippen LogP contribution in [0.2, 0.25) is 0 Å². The van der Waals surface area contributed by atoms with Crippen LogP contribution in [-0.4, -0.2) is 49.1 Å². The summed E-state index contributed by atoms with van der Waals surface area (Å²) >= 11 is 0. The lowest BCUT2D eigenvalue weighted by Gasteiger charge is -2.39. The van der Waals surface area contributed by atoms with Gasteiger partial charge in [0.2, 0.25) is 0 Å². The van der Waals surface area contributed by atoms with Crippen LogP contribution in [0.4, 0.5) is 0 Å². The molecule has 3 rings (SSSR count). The minimum absolute atomic E-state index is 1.01. The molecule has 3 aliphatic heterocycles. The second-order valence-electron chi connectivity index (χ2n) is 6.20. The molecule has 0 aromatic carbocycles. The molecule has 0 radical (unpaired) electrons. The third kappa shape index (κ3) is 2.60. The number of rotatable bonds is 0. The Balaban J connectivity index is 1.64. The molecule has 92 valence electrons. The van der Waals surface area contributed by atoms with Crippen molar-refractivity contribution in [2.24, 2.45) is 11.8 Å². The van der Waals surface area contributed by atoms with Gasteiger partial charge in [-0.25, -0.2) is 0 Å². The van der Waals surface area contributed by atoms with Gasteiger partial charge in [0.05, 0.1) is 0 Å². The monoisotopic (exact) mass is 222 g/mol. The zero-order chi connectivity index (χ0) is 10.8. The molecular weight excluding hydrogens is 196 g/mol. The predicted octanol–water partition coefficient (Wildman–Crippen LogP) is 2.20. The average Bonchev–Trinajstić information content (AvgIpc) is 2.34. The first kappa shape index (κ1) is 11.0. The smallest absolute Gasteiger partial charge is 0.00101 e. The van der Waals surface area contributed by atoms with Crippen molar-refractivity contribution in [3.8, 4) is 0 Å². The zero-order valence-corrected chi connectivity index (χ0v) is 10.5. The number of hydrogen-bond donors (Lipinski definition) is 0. The summed E-state index contributed by atoms with van der Waals surface area (Å²) < 4.78 is 0. The highest BCUT2D eigenvalue weighted by molar-refractivity contribution is 4.80. The fourth-order valence-corrected chi connectivity index (χ4v) is 3.91. The summed E-state index contributed by atoms with van der Waals surface area (Å²) in [6, 6.07) is 0. The van der Waals surface area contributed by atoms with Crippen LogP contribution in [0.3, 0.4) is 0 Å². The van der Waals surface area contributed by atoms with Gasteiger partial charge in [0.15, 0.2) is 0 Å². The first-order valence-electron chi connectivity index (χ1n) is 7.35. The maximum atomic E-state index is 2.75. The summed E-state index contributed by atoms with van der Waals surface area (Å²) in [6.45, 7) is 8.34. The highest BCUT2D eigenvalue weighted by Gasteiger charge is 2.26. The molecular formula is C14H26N2. The molecule has 0 aliphatic carbocycles. The standard InChI is InChI=1S/C14H26N2/c1-3-13-5-10-16-8-2-4-14(12-16)6-9-15(7-1)11-13/h13-14H,1-12H2. The van der Waals surface area contributed by atoms with Crippen molar-refractivity contribution in [3.63, 3.8) is 0 Å². The lowest BCUT2D eigenvalue weighted by molar-refractivity contribution is 0.0966. The molecule has 3 fully saturated rings. The molecule has 0 saturated carbocycles. The Labute approximate surface area is 100.0 Å². The van der Waals surface area contributed by atoms with Crippen LogP contribution < -0.4 is 0 Å². The van der Waals surface area contributed by atoms with Gasteiger partial charge in [-0.05, 0) is 76.5 Å². The van der Waals surface area contributed by atoms with Crippen LogP contribution in [0.25, 0.3) is 0 Å². The highest BCUT2D eigenvalue weighted by atomic mass is 15.2. The minimum atomic E-state index is 1.01. The predicted molar refractivity (Wildman–Crippen MR) is 67.6 cm³/mol. The number of fused-ring (bicyclic) bond motifs is 4. The lowest BCUT2D eigenvalue weighted by atomic mass is 9.89. The third-order valence-electron chi connectivity index (χ3n) is 4.91. The molecule has 2 nitrogen and oxygen atoms in total. The van der Waals surface area contributed by atoms with Gasteiger partial charge in [0.25, 0.3) is 0 Å². The summed E-state index contributed by atoms with van der Waals surface area (Å²) in [7, 11) is 0. The van der Waals surface area contributed by atoms with E-state index in [9.17, 15) is 0 Å². The van der Waals surface area contributed by atoms with Crippen molar-refractivity contribution in [2.75, 3.05) is 39.3 Å². The first-order valence-corrected chi connectivity index (χ1v) is 7.35. The zero-order valence-electron chi connectivity index (χ0n) is 10.5. The quantitative estimate of drug-likeness (QED) is 0.620. The molecule has 0 aromatic heterocycles. The number of piperidine rings is 2. The summed E-state index contributed by atoms with van der Waals surface area (Å²) in [5.74, 6) is 2.01. The molecule has 3 aliphatic rings. The molecule has 0 amide bonds. The second kappa shape index (κ2) is 5.05. The number of nitrogens with zero attached hydrogens (tertiary/aromatic N) is 2. The van der Waals surface area contributed by atoms with E-state index in [0.29, 0.717) is 0 Å². The summed E-state index contributed by atoms with van der Waals surface area (Å²) in [4.78, 5) is 5.50. The van der Waals surface area contributed by atoms with Crippen LogP contribution >= 0.6 is 0 Å². The molecule has 0 spiro atoms. The van der Waals surface area contributed by atoms with Gasteiger partial charge >= 0.3 is 0 Å². The fourth-order valence-electron chi connectivity index (χ4n) is 3.91. The highest BCUT2D eigenvalue weighted by Crippen LogP contribution is 2.26. The fraction of sp³-hybridized carbons (Fsp3) is 1.00. The van der Waals surface area contributed by atoms with Gasteiger partial charge in [-0.3, -0.25) is 0 Å². The molecule has 0 N–H and O–H groups in total. The summed E-state index contributed by atoms with van der Waals surface area (Å²) in [5.41, 5.74) is 0. The van der Waals surface area contributed by atoms with Gasteiger partial charge in [0, 0.05) is 13.1 Å².